The largest absolute Gasteiger partial charge is 0.216 e. The Hall–Kier alpha value is 0.520. The zero-order chi connectivity index (χ0) is 8.48. The molecule has 0 aliphatic carbocycles. The van der Waals surface area contributed by atoms with E-state index in [1.54, 1.807) is 6.07 Å². The van der Waals surface area contributed by atoms with E-state index in [1.807, 2.05) is 18.2 Å². The molecule has 60 valence electrons. The van der Waals surface area contributed by atoms with E-state index in [0.29, 0.717) is 5.56 Å². The highest BCUT2D eigenvalue weighted by Gasteiger charge is 2.23. The molecule has 0 nitrogen and oxygen atoms in total. The van der Waals surface area contributed by atoms with E-state index >= 15 is 0 Å². The molecule has 0 bridgehead atoms. The molecule has 1 rings (SSSR count). The second kappa shape index (κ2) is 3.49. The number of benzene rings is 1. The quantitative estimate of drug-likeness (QED) is 0.472. The summed E-state index contributed by atoms with van der Waals surface area (Å²) < 4.78 is -1.32. The number of hydrogen-bond acceptors (Lipinski definition) is 0. The maximum absolute atomic E-state index is 5.68. The van der Waals surface area contributed by atoms with Gasteiger partial charge in [0.25, 0.3) is 0 Å². The summed E-state index contributed by atoms with van der Waals surface area (Å²) in [5, 5.41) is 0.910. The lowest BCUT2D eigenvalue weighted by Crippen LogP contribution is -2.10. The van der Waals surface area contributed by atoms with Gasteiger partial charge in [-0.25, -0.2) is 0 Å². The molecular weight excluding hydrogens is 221 g/mol. The fourth-order valence-corrected chi connectivity index (χ4v) is 1.97. The molecule has 0 N–H and O–H groups in total. The van der Waals surface area contributed by atoms with Crippen molar-refractivity contribution in [2.75, 3.05) is 0 Å². The first-order valence-electron chi connectivity index (χ1n) is 2.93. The summed E-state index contributed by atoms with van der Waals surface area (Å²) in [5.41, 5.74) is 0.704. The van der Waals surface area contributed by atoms with Crippen LogP contribution in [0.4, 0.5) is 0 Å². The molecule has 0 aliphatic heterocycles. The lowest BCUT2D eigenvalue weighted by Gasteiger charge is -2.12. The van der Waals surface area contributed by atoms with Gasteiger partial charge in [-0.15, -0.1) is 9.24 Å². The van der Waals surface area contributed by atoms with Crippen molar-refractivity contribution in [2.45, 2.75) is 3.79 Å². The first-order chi connectivity index (χ1) is 5.02. The van der Waals surface area contributed by atoms with E-state index in [2.05, 4.69) is 9.24 Å². The van der Waals surface area contributed by atoms with Crippen molar-refractivity contribution < 1.29 is 0 Å². The van der Waals surface area contributed by atoms with Crippen LogP contribution in [-0.2, 0) is 3.79 Å². The number of alkyl halides is 3. The molecule has 0 amide bonds. The molecule has 1 aromatic rings. The van der Waals surface area contributed by atoms with Crippen molar-refractivity contribution in [3.05, 3.63) is 29.8 Å². The Kier molecular flexibility index (Phi) is 3.05. The zero-order valence-electron chi connectivity index (χ0n) is 5.52. The maximum atomic E-state index is 5.68. The van der Waals surface area contributed by atoms with Crippen molar-refractivity contribution in [1.29, 1.82) is 0 Å². The Morgan fingerprint density at radius 1 is 1.09 bits per heavy atom. The summed E-state index contributed by atoms with van der Waals surface area (Å²) in [6.07, 6.45) is 0. The number of hydrogen-bond donors (Lipinski definition) is 0. The van der Waals surface area contributed by atoms with Crippen molar-refractivity contribution in [2.24, 2.45) is 0 Å². The van der Waals surface area contributed by atoms with Crippen LogP contribution < -0.4 is 5.30 Å². The summed E-state index contributed by atoms with van der Waals surface area (Å²) in [6, 6.07) is 7.39. The lowest BCUT2D eigenvalue weighted by molar-refractivity contribution is 1.27. The average molecular weight is 227 g/mol. The standard InChI is InChI=1S/C7H6Cl3P/c8-7(9,10)5-3-1-2-4-6(5)11/h1-4H,11H2. The normalized spacial score (nSPS) is 11.6. The SMILES string of the molecule is Pc1ccccc1C(Cl)(Cl)Cl. The van der Waals surface area contributed by atoms with Gasteiger partial charge in [-0.1, -0.05) is 59.1 Å². The second-order valence-corrected chi connectivity index (χ2v) is 4.99. The van der Waals surface area contributed by atoms with E-state index in [1.165, 1.54) is 0 Å². The smallest absolute Gasteiger partial charge is 0.105 e. The average Bonchev–Trinajstić information content (AvgIpc) is 1.86. The van der Waals surface area contributed by atoms with E-state index < -0.39 is 3.79 Å². The van der Waals surface area contributed by atoms with Crippen LogP contribution in [0.15, 0.2) is 24.3 Å². The second-order valence-electron chi connectivity index (χ2n) is 2.09. The van der Waals surface area contributed by atoms with Gasteiger partial charge in [0.1, 0.15) is 0 Å². The van der Waals surface area contributed by atoms with Gasteiger partial charge in [-0.2, -0.15) is 0 Å². The highest BCUT2D eigenvalue weighted by Crippen LogP contribution is 2.37. The first-order valence-corrected chi connectivity index (χ1v) is 4.64. The summed E-state index contributed by atoms with van der Waals surface area (Å²) in [4.78, 5) is 0. The first kappa shape index (κ1) is 9.61. The molecule has 1 atom stereocenters. The highest BCUT2D eigenvalue weighted by atomic mass is 35.6. The molecule has 0 saturated carbocycles. The highest BCUT2D eigenvalue weighted by molar-refractivity contribution is 7.27. The van der Waals surface area contributed by atoms with Crippen LogP contribution in [-0.4, -0.2) is 0 Å². The predicted molar refractivity (Wildman–Crippen MR) is 55.0 cm³/mol. The molecule has 0 aromatic heterocycles. The minimum absolute atomic E-state index is 0.704. The molecule has 0 heterocycles. The van der Waals surface area contributed by atoms with Crippen molar-refractivity contribution in [1.82, 2.24) is 0 Å². The lowest BCUT2D eigenvalue weighted by atomic mass is 10.2. The van der Waals surface area contributed by atoms with Crippen molar-refractivity contribution in [3.63, 3.8) is 0 Å². The van der Waals surface area contributed by atoms with Crippen LogP contribution in [0.3, 0.4) is 0 Å². The van der Waals surface area contributed by atoms with Crippen molar-refractivity contribution in [3.8, 4) is 0 Å². The van der Waals surface area contributed by atoms with E-state index in [0.717, 1.165) is 5.30 Å². The third-order valence-corrected chi connectivity index (χ3v) is 2.38. The Morgan fingerprint density at radius 2 is 1.64 bits per heavy atom. The van der Waals surface area contributed by atoms with Gasteiger partial charge in [-0.05, 0) is 5.30 Å². The minimum atomic E-state index is -1.32. The maximum Gasteiger partial charge on any atom is 0.216 e. The molecule has 0 aliphatic rings. The Balaban J connectivity index is 3.14. The van der Waals surface area contributed by atoms with Gasteiger partial charge < -0.3 is 0 Å². The van der Waals surface area contributed by atoms with Crippen LogP contribution >= 0.6 is 44.0 Å². The van der Waals surface area contributed by atoms with E-state index in [-0.39, 0.29) is 0 Å². The fraction of sp³-hybridized carbons (Fsp3) is 0.143. The van der Waals surface area contributed by atoms with Crippen molar-refractivity contribution >= 4 is 49.3 Å². The fourth-order valence-electron chi connectivity index (χ4n) is 0.755. The van der Waals surface area contributed by atoms with E-state index in [9.17, 15) is 0 Å². The predicted octanol–water partition coefficient (Wildman–Crippen LogP) is 3.01. The number of halogens is 3. The molecule has 0 fully saturated rings. The monoisotopic (exact) mass is 226 g/mol. The number of rotatable bonds is 0. The van der Waals surface area contributed by atoms with Crippen LogP contribution in [0.25, 0.3) is 0 Å². The summed E-state index contributed by atoms with van der Waals surface area (Å²) in [7, 11) is 2.52. The molecule has 0 saturated heterocycles. The van der Waals surface area contributed by atoms with Crippen LogP contribution in [0.1, 0.15) is 5.56 Å². The summed E-state index contributed by atoms with van der Waals surface area (Å²) >= 11 is 17.0. The van der Waals surface area contributed by atoms with Gasteiger partial charge in [0, 0.05) is 5.56 Å². The zero-order valence-corrected chi connectivity index (χ0v) is 8.94. The Bertz CT molecular complexity index is 254. The minimum Gasteiger partial charge on any atom is -0.105 e. The summed E-state index contributed by atoms with van der Waals surface area (Å²) in [6.45, 7) is 0. The Labute approximate surface area is 83.0 Å². The van der Waals surface area contributed by atoms with Crippen LogP contribution in [0.2, 0.25) is 0 Å². The summed E-state index contributed by atoms with van der Waals surface area (Å²) in [5.74, 6) is 0. The third kappa shape index (κ3) is 2.49. The third-order valence-electron chi connectivity index (χ3n) is 1.27. The molecule has 1 unspecified atom stereocenters. The molecule has 1 aromatic carbocycles. The molecular formula is C7H6Cl3P. The van der Waals surface area contributed by atoms with Gasteiger partial charge in [-0.3, -0.25) is 0 Å². The topological polar surface area (TPSA) is 0 Å². The van der Waals surface area contributed by atoms with Crippen LogP contribution in [0.5, 0.6) is 0 Å². The molecule has 0 spiro atoms. The van der Waals surface area contributed by atoms with Gasteiger partial charge in [0.2, 0.25) is 3.79 Å². The molecule has 11 heavy (non-hydrogen) atoms. The van der Waals surface area contributed by atoms with E-state index in [4.69, 9.17) is 34.8 Å². The van der Waals surface area contributed by atoms with Gasteiger partial charge in [0.15, 0.2) is 0 Å². The van der Waals surface area contributed by atoms with Gasteiger partial charge >= 0.3 is 0 Å². The van der Waals surface area contributed by atoms with Crippen LogP contribution in [0, 0.1) is 0 Å². The molecule has 0 radical (unpaired) electrons. The Morgan fingerprint density at radius 3 is 2.00 bits per heavy atom. The molecule has 4 heteroatoms. The van der Waals surface area contributed by atoms with Gasteiger partial charge in [0.05, 0.1) is 0 Å².